The highest BCUT2D eigenvalue weighted by atomic mass is 15.1. The first kappa shape index (κ1) is 12.0. The van der Waals surface area contributed by atoms with Gasteiger partial charge in [-0.3, -0.25) is 0 Å². The van der Waals surface area contributed by atoms with Crippen molar-refractivity contribution in [1.29, 1.82) is 0 Å². The van der Waals surface area contributed by atoms with Gasteiger partial charge in [0, 0.05) is 18.8 Å². The van der Waals surface area contributed by atoms with E-state index in [1.54, 1.807) is 5.56 Å². The molecule has 2 aliphatic rings. The molecule has 3 rings (SSSR count). The highest BCUT2D eigenvalue weighted by Gasteiger charge is 2.18. The Balaban J connectivity index is 1.60. The van der Waals surface area contributed by atoms with Crippen LogP contribution in [0.1, 0.15) is 31.2 Å². The summed E-state index contributed by atoms with van der Waals surface area (Å²) in [5, 5.41) is 3.52. The van der Waals surface area contributed by atoms with Gasteiger partial charge in [-0.25, -0.2) is 0 Å². The average Bonchev–Trinajstić information content (AvgIpc) is 2.46. The minimum Gasteiger partial charge on any atom is -0.371 e. The Labute approximate surface area is 110 Å². The molecule has 0 radical (unpaired) electrons. The Morgan fingerprint density at radius 2 is 2.17 bits per heavy atom. The zero-order valence-electron chi connectivity index (χ0n) is 11.2. The predicted molar refractivity (Wildman–Crippen MR) is 77.2 cm³/mol. The number of nitrogens with zero attached hydrogens (tertiary/aromatic N) is 1. The van der Waals surface area contributed by atoms with Crippen LogP contribution in [-0.4, -0.2) is 26.2 Å². The fourth-order valence-corrected chi connectivity index (χ4v) is 3.35. The van der Waals surface area contributed by atoms with Gasteiger partial charge in [0.05, 0.1) is 0 Å². The van der Waals surface area contributed by atoms with E-state index < -0.39 is 0 Å². The molecule has 0 bridgehead atoms. The van der Waals surface area contributed by atoms with Gasteiger partial charge in [-0.15, -0.1) is 0 Å². The second-order valence-corrected chi connectivity index (χ2v) is 5.72. The number of benzene rings is 1. The lowest BCUT2D eigenvalue weighted by Crippen LogP contribution is -2.35. The van der Waals surface area contributed by atoms with Crippen LogP contribution in [0.4, 0.5) is 5.69 Å². The van der Waals surface area contributed by atoms with E-state index in [2.05, 4.69) is 34.5 Å². The number of hydrogen-bond acceptors (Lipinski definition) is 2. The van der Waals surface area contributed by atoms with Crippen molar-refractivity contribution >= 4 is 5.69 Å². The molecule has 0 unspecified atom stereocenters. The second-order valence-electron chi connectivity index (χ2n) is 5.72. The van der Waals surface area contributed by atoms with Gasteiger partial charge in [0.1, 0.15) is 0 Å². The lowest BCUT2D eigenvalue weighted by atomic mass is 9.95. The molecule has 0 spiro atoms. The van der Waals surface area contributed by atoms with Crippen molar-refractivity contribution in [2.75, 3.05) is 31.1 Å². The van der Waals surface area contributed by atoms with Gasteiger partial charge >= 0.3 is 0 Å². The van der Waals surface area contributed by atoms with Crippen LogP contribution in [0.5, 0.6) is 0 Å². The molecular weight excluding hydrogens is 220 g/mol. The van der Waals surface area contributed by atoms with E-state index >= 15 is 0 Å². The summed E-state index contributed by atoms with van der Waals surface area (Å²) in [6, 6.07) is 8.95. The topological polar surface area (TPSA) is 15.3 Å². The number of rotatable bonds is 3. The molecule has 1 N–H and O–H groups in total. The summed E-state index contributed by atoms with van der Waals surface area (Å²) in [5.41, 5.74) is 3.04. The Morgan fingerprint density at radius 1 is 1.22 bits per heavy atom. The lowest BCUT2D eigenvalue weighted by Gasteiger charge is -2.33. The van der Waals surface area contributed by atoms with Crippen LogP contribution in [0.3, 0.4) is 0 Å². The third-order valence-corrected chi connectivity index (χ3v) is 4.41. The average molecular weight is 244 g/mol. The zero-order chi connectivity index (χ0) is 12.2. The summed E-state index contributed by atoms with van der Waals surface area (Å²) in [6.45, 7) is 4.94. The van der Waals surface area contributed by atoms with E-state index in [4.69, 9.17) is 0 Å². The molecule has 0 aliphatic carbocycles. The molecule has 0 saturated carbocycles. The van der Waals surface area contributed by atoms with Crippen molar-refractivity contribution in [3.05, 3.63) is 29.8 Å². The molecule has 2 heterocycles. The van der Waals surface area contributed by atoms with Crippen molar-refractivity contribution < 1.29 is 0 Å². The molecule has 1 atom stereocenters. The van der Waals surface area contributed by atoms with E-state index in [1.165, 1.54) is 64.0 Å². The molecule has 1 aromatic carbocycles. The highest BCUT2D eigenvalue weighted by molar-refractivity contribution is 5.55. The first-order valence-electron chi connectivity index (χ1n) is 7.47. The summed E-state index contributed by atoms with van der Waals surface area (Å²) in [5.74, 6) is 0.896. The Morgan fingerprint density at radius 3 is 3.06 bits per heavy atom. The largest absolute Gasteiger partial charge is 0.371 e. The van der Waals surface area contributed by atoms with Crippen LogP contribution in [0, 0.1) is 5.92 Å². The van der Waals surface area contributed by atoms with Gasteiger partial charge in [0.15, 0.2) is 0 Å². The van der Waals surface area contributed by atoms with Gasteiger partial charge in [-0.05, 0) is 62.7 Å². The minimum atomic E-state index is 0.896. The minimum absolute atomic E-state index is 0.896. The van der Waals surface area contributed by atoms with Crippen molar-refractivity contribution in [3.8, 4) is 0 Å². The van der Waals surface area contributed by atoms with Crippen LogP contribution in [0.2, 0.25) is 0 Å². The van der Waals surface area contributed by atoms with Gasteiger partial charge in [0.25, 0.3) is 0 Å². The molecular formula is C16H24N2. The molecule has 1 saturated heterocycles. The van der Waals surface area contributed by atoms with E-state index in [0.29, 0.717) is 0 Å². The first-order valence-corrected chi connectivity index (χ1v) is 7.47. The third kappa shape index (κ3) is 2.69. The van der Waals surface area contributed by atoms with Crippen LogP contribution in [-0.2, 0) is 6.42 Å². The fraction of sp³-hybridized carbons (Fsp3) is 0.625. The quantitative estimate of drug-likeness (QED) is 0.879. The monoisotopic (exact) mass is 244 g/mol. The second kappa shape index (κ2) is 5.75. The molecule has 1 fully saturated rings. The molecule has 1 aromatic rings. The molecule has 0 amide bonds. The molecule has 18 heavy (non-hydrogen) atoms. The van der Waals surface area contributed by atoms with Gasteiger partial charge in [-0.1, -0.05) is 18.2 Å². The molecule has 98 valence electrons. The van der Waals surface area contributed by atoms with Crippen LogP contribution in [0.15, 0.2) is 24.3 Å². The Kier molecular flexibility index (Phi) is 3.84. The maximum atomic E-state index is 3.52. The standard InChI is InChI=1S/C16H24N2/c1-2-8-16-15(6-1)7-4-11-18(16)12-9-14-5-3-10-17-13-14/h1-2,6,8,14,17H,3-5,7,9-13H2/t14-/m1/s1. The number of fused-ring (bicyclic) bond motifs is 1. The number of anilines is 1. The summed E-state index contributed by atoms with van der Waals surface area (Å²) >= 11 is 0. The third-order valence-electron chi connectivity index (χ3n) is 4.41. The molecule has 2 aliphatic heterocycles. The van der Waals surface area contributed by atoms with Crippen LogP contribution >= 0.6 is 0 Å². The maximum Gasteiger partial charge on any atom is 0.0398 e. The van der Waals surface area contributed by atoms with E-state index in [0.717, 1.165) is 5.92 Å². The number of para-hydroxylation sites is 1. The Hall–Kier alpha value is -1.02. The van der Waals surface area contributed by atoms with Crippen LogP contribution < -0.4 is 10.2 Å². The van der Waals surface area contributed by atoms with E-state index in [1.807, 2.05) is 0 Å². The molecule has 2 nitrogen and oxygen atoms in total. The number of hydrogen-bond donors (Lipinski definition) is 1. The Bertz CT molecular complexity index is 382. The summed E-state index contributed by atoms with van der Waals surface area (Å²) in [7, 11) is 0. The van der Waals surface area contributed by atoms with Crippen molar-refractivity contribution in [2.24, 2.45) is 5.92 Å². The predicted octanol–water partition coefficient (Wildman–Crippen LogP) is 2.83. The van der Waals surface area contributed by atoms with Gasteiger partial charge in [0.2, 0.25) is 0 Å². The van der Waals surface area contributed by atoms with Gasteiger partial charge in [-0.2, -0.15) is 0 Å². The number of piperidine rings is 1. The normalized spacial score (nSPS) is 23.8. The number of aryl methyl sites for hydroxylation is 1. The van der Waals surface area contributed by atoms with Gasteiger partial charge < -0.3 is 10.2 Å². The smallest absolute Gasteiger partial charge is 0.0398 e. The SMILES string of the molecule is c1ccc2c(c1)CCCN2CC[C@H]1CCCNC1. The lowest BCUT2D eigenvalue weighted by molar-refractivity contribution is 0.358. The summed E-state index contributed by atoms with van der Waals surface area (Å²) in [4.78, 5) is 2.60. The highest BCUT2D eigenvalue weighted by Crippen LogP contribution is 2.27. The van der Waals surface area contributed by atoms with E-state index in [9.17, 15) is 0 Å². The molecule has 0 aromatic heterocycles. The maximum absolute atomic E-state index is 3.52. The first-order chi connectivity index (χ1) is 8.93. The summed E-state index contributed by atoms with van der Waals surface area (Å²) in [6.07, 6.45) is 6.71. The van der Waals surface area contributed by atoms with Crippen molar-refractivity contribution in [2.45, 2.75) is 32.1 Å². The number of nitrogens with one attached hydrogen (secondary N) is 1. The van der Waals surface area contributed by atoms with Crippen molar-refractivity contribution in [3.63, 3.8) is 0 Å². The van der Waals surface area contributed by atoms with E-state index in [-0.39, 0.29) is 0 Å². The summed E-state index contributed by atoms with van der Waals surface area (Å²) < 4.78 is 0. The fourth-order valence-electron chi connectivity index (χ4n) is 3.35. The van der Waals surface area contributed by atoms with Crippen molar-refractivity contribution in [1.82, 2.24) is 5.32 Å². The van der Waals surface area contributed by atoms with Crippen LogP contribution in [0.25, 0.3) is 0 Å². The molecule has 2 heteroatoms. The zero-order valence-corrected chi connectivity index (χ0v) is 11.2.